The molecule has 0 bridgehead atoms. The maximum absolute atomic E-state index is 12.9. The Kier molecular flexibility index (Phi) is 9.88. The molecule has 1 atom stereocenters. The van der Waals surface area contributed by atoms with Gasteiger partial charge in [0, 0.05) is 12.0 Å². The first-order valence-corrected chi connectivity index (χ1v) is 12.4. The molecule has 0 radical (unpaired) electrons. The monoisotopic (exact) mass is 549 g/mol. The summed E-state index contributed by atoms with van der Waals surface area (Å²) in [6.45, 7) is 1.87. The minimum Gasteiger partial charge on any atom is -0.496 e. The molecule has 0 aromatic heterocycles. The minimum atomic E-state index is -0.945. The molecular formula is C27H26Cl3NO5. The third-order valence-electron chi connectivity index (χ3n) is 5.52. The second-order valence-corrected chi connectivity index (χ2v) is 8.83. The van der Waals surface area contributed by atoms with Gasteiger partial charge in [0.05, 0.1) is 47.9 Å². The van der Waals surface area contributed by atoms with Gasteiger partial charge in [0.1, 0.15) is 17.5 Å². The van der Waals surface area contributed by atoms with Crippen LogP contribution in [-0.2, 0) is 21.8 Å². The van der Waals surface area contributed by atoms with Crippen molar-refractivity contribution in [1.82, 2.24) is 5.32 Å². The number of methoxy groups -OCH3 is 2. The third-order valence-corrected chi connectivity index (χ3v) is 6.44. The van der Waals surface area contributed by atoms with Crippen molar-refractivity contribution in [3.8, 4) is 22.6 Å². The lowest BCUT2D eigenvalue weighted by atomic mass is 9.97. The van der Waals surface area contributed by atoms with Crippen LogP contribution in [0.15, 0.2) is 54.6 Å². The molecule has 0 fully saturated rings. The van der Waals surface area contributed by atoms with Crippen molar-refractivity contribution < 1.29 is 23.8 Å². The fourth-order valence-electron chi connectivity index (χ4n) is 3.81. The summed E-state index contributed by atoms with van der Waals surface area (Å²) in [5.74, 6) is 0.435. The van der Waals surface area contributed by atoms with Crippen molar-refractivity contribution in [3.63, 3.8) is 0 Å². The Morgan fingerprint density at radius 2 is 1.61 bits per heavy atom. The van der Waals surface area contributed by atoms with Crippen LogP contribution in [0.4, 0.5) is 0 Å². The van der Waals surface area contributed by atoms with E-state index in [2.05, 4.69) is 5.32 Å². The number of hydrogen-bond acceptors (Lipinski definition) is 5. The maximum Gasteiger partial charge on any atom is 0.328 e. The average molecular weight is 551 g/mol. The van der Waals surface area contributed by atoms with Crippen LogP contribution in [0.25, 0.3) is 11.1 Å². The molecule has 0 saturated carbocycles. The number of rotatable bonds is 10. The summed E-state index contributed by atoms with van der Waals surface area (Å²) in [4.78, 5) is 25.6. The van der Waals surface area contributed by atoms with Gasteiger partial charge < -0.3 is 19.5 Å². The van der Waals surface area contributed by atoms with Crippen LogP contribution >= 0.6 is 34.8 Å². The Labute approximate surface area is 225 Å². The van der Waals surface area contributed by atoms with Gasteiger partial charge >= 0.3 is 5.97 Å². The predicted octanol–water partition coefficient (Wildman–Crippen LogP) is 6.32. The van der Waals surface area contributed by atoms with E-state index in [1.165, 1.54) is 0 Å². The fourth-order valence-corrected chi connectivity index (χ4v) is 4.59. The van der Waals surface area contributed by atoms with E-state index >= 15 is 0 Å². The van der Waals surface area contributed by atoms with E-state index < -0.39 is 17.9 Å². The van der Waals surface area contributed by atoms with E-state index in [0.717, 1.165) is 22.3 Å². The number of carbonyl (C=O) groups is 2. The first kappa shape index (κ1) is 27.7. The van der Waals surface area contributed by atoms with E-state index in [0.29, 0.717) is 11.5 Å². The lowest BCUT2D eigenvalue weighted by Crippen LogP contribution is -2.43. The van der Waals surface area contributed by atoms with E-state index in [1.807, 2.05) is 36.4 Å². The zero-order valence-electron chi connectivity index (χ0n) is 20.1. The Hall–Kier alpha value is -2.93. The highest BCUT2D eigenvalue weighted by atomic mass is 35.5. The van der Waals surface area contributed by atoms with Crippen LogP contribution in [-0.4, -0.2) is 38.7 Å². The van der Waals surface area contributed by atoms with Gasteiger partial charge in [-0.2, -0.15) is 0 Å². The van der Waals surface area contributed by atoms with E-state index in [-0.39, 0.29) is 34.5 Å². The average Bonchev–Trinajstić information content (AvgIpc) is 2.87. The molecule has 0 unspecified atom stereocenters. The second kappa shape index (κ2) is 12.9. The molecule has 3 rings (SSSR count). The van der Waals surface area contributed by atoms with E-state index in [4.69, 9.17) is 49.0 Å². The number of hydrogen-bond donors (Lipinski definition) is 1. The highest BCUT2D eigenvalue weighted by molar-refractivity contribution is 6.39. The molecule has 0 heterocycles. The molecule has 6 nitrogen and oxygen atoms in total. The predicted molar refractivity (Wildman–Crippen MR) is 143 cm³/mol. The smallest absolute Gasteiger partial charge is 0.328 e. The van der Waals surface area contributed by atoms with Crippen LogP contribution in [0, 0.1) is 0 Å². The van der Waals surface area contributed by atoms with Gasteiger partial charge in [0.2, 0.25) is 0 Å². The third kappa shape index (κ3) is 6.25. The number of halogens is 3. The van der Waals surface area contributed by atoms with Gasteiger partial charge in [0.15, 0.2) is 0 Å². The van der Waals surface area contributed by atoms with Crippen LogP contribution < -0.4 is 14.8 Å². The molecular weight excluding hydrogens is 525 g/mol. The van der Waals surface area contributed by atoms with Crippen LogP contribution in [0.5, 0.6) is 11.5 Å². The van der Waals surface area contributed by atoms with E-state index in [1.54, 1.807) is 39.3 Å². The van der Waals surface area contributed by atoms with Gasteiger partial charge in [-0.25, -0.2) is 4.79 Å². The van der Waals surface area contributed by atoms with Crippen molar-refractivity contribution in [3.05, 3.63) is 81.3 Å². The molecule has 0 aliphatic rings. The van der Waals surface area contributed by atoms with Gasteiger partial charge in [-0.1, -0.05) is 59.6 Å². The summed E-state index contributed by atoms with van der Waals surface area (Å²) < 4.78 is 16.4. The molecule has 9 heteroatoms. The lowest BCUT2D eigenvalue weighted by molar-refractivity contribution is -0.145. The summed E-state index contributed by atoms with van der Waals surface area (Å²) in [6.07, 6.45) is 0.197. The van der Waals surface area contributed by atoms with E-state index in [9.17, 15) is 9.59 Å². The normalized spacial score (nSPS) is 11.5. The van der Waals surface area contributed by atoms with Gasteiger partial charge in [-0.3, -0.25) is 4.79 Å². The first-order valence-electron chi connectivity index (χ1n) is 11.1. The molecule has 36 heavy (non-hydrogen) atoms. The highest BCUT2D eigenvalue weighted by Crippen LogP contribution is 2.41. The van der Waals surface area contributed by atoms with Crippen molar-refractivity contribution in [2.45, 2.75) is 25.3 Å². The first-order chi connectivity index (χ1) is 17.3. The van der Waals surface area contributed by atoms with Crippen molar-refractivity contribution in [2.75, 3.05) is 20.8 Å². The minimum absolute atomic E-state index is 0.101. The molecule has 1 amide bonds. The van der Waals surface area contributed by atoms with Crippen molar-refractivity contribution in [2.24, 2.45) is 0 Å². The Morgan fingerprint density at radius 1 is 0.944 bits per heavy atom. The Morgan fingerprint density at radius 3 is 2.17 bits per heavy atom. The molecule has 190 valence electrons. The molecule has 0 saturated heterocycles. The Bertz CT molecular complexity index is 1210. The fraction of sp³-hybridized carbons (Fsp3) is 0.259. The SMILES string of the molecule is CCOC(=O)[C@H](Cc1ccc(-c2c(OC)ccc(CCl)c2OC)cc1)NC(=O)c1c(Cl)cccc1Cl. The summed E-state index contributed by atoms with van der Waals surface area (Å²) in [5, 5.41) is 3.09. The number of ether oxygens (including phenoxy) is 3. The second-order valence-electron chi connectivity index (χ2n) is 7.74. The lowest BCUT2D eigenvalue weighted by Gasteiger charge is -2.19. The number of nitrogens with one attached hydrogen (secondary N) is 1. The zero-order valence-corrected chi connectivity index (χ0v) is 22.3. The molecule has 0 spiro atoms. The van der Waals surface area contributed by atoms with Crippen LogP contribution in [0.2, 0.25) is 10.0 Å². The highest BCUT2D eigenvalue weighted by Gasteiger charge is 2.25. The maximum atomic E-state index is 12.9. The number of alkyl halides is 1. The molecule has 0 aliphatic carbocycles. The molecule has 1 N–H and O–H groups in total. The number of carbonyl (C=O) groups excluding carboxylic acids is 2. The summed E-state index contributed by atoms with van der Waals surface area (Å²) in [7, 11) is 3.17. The van der Waals surface area contributed by atoms with Crippen molar-refractivity contribution >= 4 is 46.7 Å². The van der Waals surface area contributed by atoms with Crippen LogP contribution in [0.1, 0.15) is 28.4 Å². The van der Waals surface area contributed by atoms with Crippen molar-refractivity contribution in [1.29, 1.82) is 0 Å². The summed E-state index contributed by atoms with van der Waals surface area (Å²) in [5.41, 5.74) is 3.35. The largest absolute Gasteiger partial charge is 0.496 e. The molecule has 3 aromatic carbocycles. The molecule has 3 aromatic rings. The number of benzene rings is 3. The number of amides is 1. The summed E-state index contributed by atoms with van der Waals surface area (Å²) in [6, 6.07) is 15.0. The van der Waals surface area contributed by atoms with Gasteiger partial charge in [-0.15, -0.1) is 11.6 Å². The standard InChI is InChI=1S/C27H26Cl3NO5/c1-4-36-27(33)21(31-26(32)24-19(29)6-5-7-20(24)30)14-16-8-10-17(11-9-16)23-22(34-2)13-12-18(15-28)25(23)35-3/h5-13,21H,4,14-15H2,1-3H3,(H,31,32)/t21-/m0/s1. The van der Waals surface area contributed by atoms with Gasteiger partial charge in [0.25, 0.3) is 5.91 Å². The van der Waals surface area contributed by atoms with Gasteiger partial charge in [-0.05, 0) is 36.2 Å². The summed E-state index contributed by atoms with van der Waals surface area (Å²) >= 11 is 18.4. The molecule has 0 aliphatic heterocycles. The van der Waals surface area contributed by atoms with Crippen LogP contribution in [0.3, 0.4) is 0 Å². The zero-order chi connectivity index (χ0) is 26.2. The quantitative estimate of drug-likeness (QED) is 0.236. The Balaban J connectivity index is 1.89. The number of esters is 1. The topological polar surface area (TPSA) is 73.9 Å².